The zero-order chi connectivity index (χ0) is 14.5. The van der Waals surface area contributed by atoms with Gasteiger partial charge in [-0.25, -0.2) is 4.39 Å². The van der Waals surface area contributed by atoms with Gasteiger partial charge in [0.2, 0.25) is 0 Å². The van der Waals surface area contributed by atoms with E-state index in [9.17, 15) is 4.39 Å². The van der Waals surface area contributed by atoms with Gasteiger partial charge in [-0.1, -0.05) is 6.92 Å². The van der Waals surface area contributed by atoms with Crippen molar-refractivity contribution in [3.63, 3.8) is 0 Å². The standard InChI is InChI=1S/C15H17BrFNOS/c1-3-18-8-13-6-11(10(2)20-13)9-19-12-4-5-14(16)15(17)7-12/h4-7,18H,3,8-9H2,1-2H3. The molecular weight excluding hydrogens is 341 g/mol. The van der Waals surface area contributed by atoms with E-state index in [0.717, 1.165) is 18.7 Å². The summed E-state index contributed by atoms with van der Waals surface area (Å²) in [6.45, 7) is 6.49. The van der Waals surface area contributed by atoms with Crippen LogP contribution in [0.25, 0.3) is 0 Å². The van der Waals surface area contributed by atoms with Crippen LogP contribution in [0.1, 0.15) is 22.2 Å². The van der Waals surface area contributed by atoms with Crippen molar-refractivity contribution >= 4 is 27.3 Å². The molecule has 108 valence electrons. The molecule has 0 aliphatic heterocycles. The monoisotopic (exact) mass is 357 g/mol. The molecule has 0 aliphatic rings. The summed E-state index contributed by atoms with van der Waals surface area (Å²) in [5.41, 5.74) is 1.16. The molecule has 0 atom stereocenters. The van der Waals surface area contributed by atoms with Crippen LogP contribution in [-0.4, -0.2) is 6.54 Å². The van der Waals surface area contributed by atoms with Crippen LogP contribution in [0.2, 0.25) is 0 Å². The molecule has 1 aromatic heterocycles. The molecule has 1 heterocycles. The average Bonchev–Trinajstić information content (AvgIpc) is 2.78. The summed E-state index contributed by atoms with van der Waals surface area (Å²) >= 11 is 4.90. The van der Waals surface area contributed by atoms with E-state index >= 15 is 0 Å². The van der Waals surface area contributed by atoms with Gasteiger partial charge in [0.25, 0.3) is 0 Å². The van der Waals surface area contributed by atoms with Gasteiger partial charge in [0.1, 0.15) is 18.2 Å². The lowest BCUT2D eigenvalue weighted by Crippen LogP contribution is -2.10. The molecule has 20 heavy (non-hydrogen) atoms. The summed E-state index contributed by atoms with van der Waals surface area (Å²) in [5, 5.41) is 3.31. The molecule has 0 saturated heterocycles. The molecule has 2 aromatic rings. The van der Waals surface area contributed by atoms with Gasteiger partial charge in [-0.05, 0) is 47.6 Å². The predicted octanol–water partition coefficient (Wildman–Crippen LogP) is 4.65. The third-order valence-corrected chi connectivity index (χ3v) is 4.64. The smallest absolute Gasteiger partial charge is 0.141 e. The number of nitrogens with one attached hydrogen (secondary N) is 1. The molecule has 2 nitrogen and oxygen atoms in total. The first-order valence-corrected chi connectivity index (χ1v) is 8.08. The zero-order valence-electron chi connectivity index (χ0n) is 11.5. The fraction of sp³-hybridized carbons (Fsp3) is 0.333. The molecule has 0 spiro atoms. The van der Waals surface area contributed by atoms with E-state index in [1.165, 1.54) is 15.8 Å². The van der Waals surface area contributed by atoms with E-state index in [-0.39, 0.29) is 5.82 Å². The van der Waals surface area contributed by atoms with Crippen molar-refractivity contribution in [1.82, 2.24) is 5.32 Å². The Hall–Kier alpha value is -0.910. The highest BCUT2D eigenvalue weighted by Crippen LogP contribution is 2.25. The van der Waals surface area contributed by atoms with Gasteiger partial charge in [-0.3, -0.25) is 0 Å². The first-order valence-electron chi connectivity index (χ1n) is 6.47. The second-order valence-corrected chi connectivity index (χ2v) is 6.63. The second kappa shape index (κ2) is 7.20. The van der Waals surface area contributed by atoms with Crippen molar-refractivity contribution in [3.05, 3.63) is 49.9 Å². The minimum absolute atomic E-state index is 0.308. The van der Waals surface area contributed by atoms with Crippen molar-refractivity contribution in [3.8, 4) is 5.75 Å². The predicted molar refractivity (Wildman–Crippen MR) is 84.9 cm³/mol. The summed E-state index contributed by atoms with van der Waals surface area (Å²) in [6, 6.07) is 6.96. The van der Waals surface area contributed by atoms with Gasteiger partial charge in [-0.2, -0.15) is 0 Å². The van der Waals surface area contributed by atoms with Gasteiger partial charge in [0.15, 0.2) is 0 Å². The van der Waals surface area contributed by atoms with E-state index in [1.54, 1.807) is 23.5 Å². The number of aryl methyl sites for hydroxylation is 1. The second-order valence-electron chi connectivity index (χ2n) is 4.44. The van der Waals surface area contributed by atoms with Crippen LogP contribution in [0.4, 0.5) is 4.39 Å². The van der Waals surface area contributed by atoms with Gasteiger partial charge < -0.3 is 10.1 Å². The molecular formula is C15H17BrFNOS. The van der Waals surface area contributed by atoms with Crippen LogP contribution in [0.5, 0.6) is 5.75 Å². The first kappa shape index (κ1) is 15.5. The highest BCUT2D eigenvalue weighted by Gasteiger charge is 2.07. The quantitative estimate of drug-likeness (QED) is 0.812. The number of hydrogen-bond acceptors (Lipinski definition) is 3. The van der Waals surface area contributed by atoms with Crippen LogP contribution < -0.4 is 10.1 Å². The molecule has 2 rings (SSSR count). The lowest BCUT2D eigenvalue weighted by atomic mass is 10.2. The van der Waals surface area contributed by atoms with Gasteiger partial charge >= 0.3 is 0 Å². The molecule has 0 aliphatic carbocycles. The Morgan fingerprint density at radius 1 is 1.35 bits per heavy atom. The number of hydrogen-bond donors (Lipinski definition) is 1. The third-order valence-electron chi connectivity index (χ3n) is 2.91. The van der Waals surface area contributed by atoms with Crippen LogP contribution in [0.15, 0.2) is 28.7 Å². The first-order chi connectivity index (χ1) is 9.60. The number of thiophene rings is 1. The fourth-order valence-corrected chi connectivity index (χ4v) is 3.06. The molecule has 0 unspecified atom stereocenters. The van der Waals surface area contributed by atoms with Crippen molar-refractivity contribution in [2.75, 3.05) is 6.54 Å². The maximum Gasteiger partial charge on any atom is 0.141 e. The number of ether oxygens (including phenoxy) is 1. The lowest BCUT2D eigenvalue weighted by Gasteiger charge is -2.06. The van der Waals surface area contributed by atoms with E-state index in [0.29, 0.717) is 16.8 Å². The Morgan fingerprint density at radius 2 is 2.15 bits per heavy atom. The molecule has 0 fully saturated rings. The Labute approximate surface area is 131 Å². The summed E-state index contributed by atoms with van der Waals surface area (Å²) in [6.07, 6.45) is 0. The molecule has 5 heteroatoms. The molecule has 1 N–H and O–H groups in total. The molecule has 0 saturated carbocycles. The molecule has 0 bridgehead atoms. The maximum atomic E-state index is 13.4. The summed E-state index contributed by atoms with van der Waals surface area (Å²) in [5.74, 6) is 0.238. The van der Waals surface area contributed by atoms with Crippen molar-refractivity contribution in [2.45, 2.75) is 27.0 Å². The maximum absolute atomic E-state index is 13.4. The van der Waals surface area contributed by atoms with Crippen LogP contribution in [-0.2, 0) is 13.2 Å². The Kier molecular flexibility index (Phi) is 5.57. The van der Waals surface area contributed by atoms with Crippen molar-refractivity contribution in [1.29, 1.82) is 0 Å². The zero-order valence-corrected chi connectivity index (χ0v) is 13.9. The minimum Gasteiger partial charge on any atom is -0.489 e. The summed E-state index contributed by atoms with van der Waals surface area (Å²) in [4.78, 5) is 2.54. The number of benzene rings is 1. The normalized spacial score (nSPS) is 10.8. The minimum atomic E-state index is -0.308. The lowest BCUT2D eigenvalue weighted by molar-refractivity contribution is 0.304. The summed E-state index contributed by atoms with van der Waals surface area (Å²) < 4.78 is 19.5. The molecule has 1 aromatic carbocycles. The topological polar surface area (TPSA) is 21.3 Å². The molecule has 0 amide bonds. The number of rotatable bonds is 6. The van der Waals surface area contributed by atoms with E-state index in [4.69, 9.17) is 4.74 Å². The number of halogens is 2. The Balaban J connectivity index is 1.99. The van der Waals surface area contributed by atoms with Crippen LogP contribution >= 0.6 is 27.3 Å². The van der Waals surface area contributed by atoms with Gasteiger partial charge in [0, 0.05) is 27.9 Å². The fourth-order valence-electron chi connectivity index (χ4n) is 1.79. The Morgan fingerprint density at radius 3 is 2.85 bits per heavy atom. The van der Waals surface area contributed by atoms with E-state index in [1.807, 2.05) is 0 Å². The SMILES string of the molecule is CCNCc1cc(COc2ccc(Br)c(F)c2)c(C)s1. The molecule has 0 radical (unpaired) electrons. The van der Waals surface area contributed by atoms with Gasteiger partial charge in [0.05, 0.1) is 4.47 Å². The van der Waals surface area contributed by atoms with Gasteiger partial charge in [-0.15, -0.1) is 11.3 Å². The average molecular weight is 358 g/mol. The van der Waals surface area contributed by atoms with E-state index < -0.39 is 0 Å². The third kappa shape index (κ3) is 4.04. The van der Waals surface area contributed by atoms with Crippen molar-refractivity contribution < 1.29 is 9.13 Å². The largest absolute Gasteiger partial charge is 0.489 e. The summed E-state index contributed by atoms with van der Waals surface area (Å²) in [7, 11) is 0. The van der Waals surface area contributed by atoms with Crippen LogP contribution in [0, 0.1) is 12.7 Å². The highest BCUT2D eigenvalue weighted by molar-refractivity contribution is 9.10. The van der Waals surface area contributed by atoms with E-state index in [2.05, 4.69) is 41.2 Å². The van der Waals surface area contributed by atoms with Crippen LogP contribution in [0.3, 0.4) is 0 Å². The highest BCUT2D eigenvalue weighted by atomic mass is 79.9. The Bertz CT molecular complexity index is 585. The van der Waals surface area contributed by atoms with Crippen molar-refractivity contribution in [2.24, 2.45) is 0 Å².